The third kappa shape index (κ3) is 2.26. The number of halogens is 2. The van der Waals surface area contributed by atoms with E-state index in [1.165, 1.54) is 11.8 Å². The van der Waals surface area contributed by atoms with E-state index in [2.05, 4.69) is 26.1 Å². The molecule has 0 aliphatic heterocycles. The summed E-state index contributed by atoms with van der Waals surface area (Å²) in [7, 11) is 1.81. The number of aromatic nitrogens is 3. The summed E-state index contributed by atoms with van der Waals surface area (Å²) in [5, 5.41) is 17.2. The van der Waals surface area contributed by atoms with Crippen molar-refractivity contribution in [3.8, 4) is 6.07 Å². The van der Waals surface area contributed by atoms with Crippen LogP contribution in [0.4, 0.5) is 4.39 Å². The summed E-state index contributed by atoms with van der Waals surface area (Å²) in [5.41, 5.74) is 0.269. The van der Waals surface area contributed by atoms with E-state index in [0.29, 0.717) is 10.1 Å². The highest BCUT2D eigenvalue weighted by Crippen LogP contribution is 2.33. The van der Waals surface area contributed by atoms with Gasteiger partial charge in [0.1, 0.15) is 11.9 Å². The third-order valence-corrected chi connectivity index (χ3v) is 4.27. The Morgan fingerprint density at radius 2 is 2.17 bits per heavy atom. The Balaban J connectivity index is 2.39. The second-order valence-corrected chi connectivity index (χ2v) is 5.34. The Kier molecular flexibility index (Phi) is 3.68. The summed E-state index contributed by atoms with van der Waals surface area (Å²) < 4.78 is 15.9. The van der Waals surface area contributed by atoms with Gasteiger partial charge in [0.15, 0.2) is 11.0 Å². The number of aryl methyl sites for hydroxylation is 1. The van der Waals surface area contributed by atoms with Gasteiger partial charge in [-0.2, -0.15) is 5.26 Å². The molecule has 0 bridgehead atoms. The molecule has 0 saturated heterocycles. The second-order valence-electron chi connectivity index (χ2n) is 3.54. The summed E-state index contributed by atoms with van der Waals surface area (Å²) in [6.07, 6.45) is 0. The zero-order valence-corrected chi connectivity index (χ0v) is 12.0. The van der Waals surface area contributed by atoms with Crippen molar-refractivity contribution in [3.05, 3.63) is 33.8 Å². The molecule has 0 amide bonds. The molecule has 2 aromatic rings. The van der Waals surface area contributed by atoms with E-state index in [9.17, 15) is 4.39 Å². The summed E-state index contributed by atoms with van der Waals surface area (Å²) in [6.45, 7) is 1.82. The molecule has 1 heterocycles. The molecule has 0 fully saturated rings. The van der Waals surface area contributed by atoms with Crippen molar-refractivity contribution in [1.29, 1.82) is 5.26 Å². The number of hydrogen-bond acceptors (Lipinski definition) is 4. The van der Waals surface area contributed by atoms with Crippen molar-refractivity contribution in [2.45, 2.75) is 17.0 Å². The van der Waals surface area contributed by atoms with E-state index in [1.807, 2.05) is 20.0 Å². The van der Waals surface area contributed by atoms with Gasteiger partial charge < -0.3 is 4.57 Å². The zero-order chi connectivity index (χ0) is 13.3. The fraction of sp³-hybridized carbons (Fsp3) is 0.182. The Bertz CT molecular complexity index is 647. The van der Waals surface area contributed by atoms with E-state index >= 15 is 0 Å². The van der Waals surface area contributed by atoms with Crippen LogP contribution in [0.3, 0.4) is 0 Å². The summed E-state index contributed by atoms with van der Waals surface area (Å²) in [4.78, 5) is 0.399. The maximum atomic E-state index is 14.0. The second kappa shape index (κ2) is 5.08. The van der Waals surface area contributed by atoms with Crippen LogP contribution in [0.25, 0.3) is 0 Å². The predicted octanol–water partition coefficient (Wildman–Crippen LogP) is 3.05. The Morgan fingerprint density at radius 3 is 2.72 bits per heavy atom. The highest BCUT2D eigenvalue weighted by molar-refractivity contribution is 9.10. The molecule has 0 spiro atoms. The fourth-order valence-electron chi connectivity index (χ4n) is 1.27. The average molecular weight is 327 g/mol. The molecular weight excluding hydrogens is 319 g/mol. The van der Waals surface area contributed by atoms with Crippen LogP contribution in [0, 0.1) is 24.1 Å². The van der Waals surface area contributed by atoms with Gasteiger partial charge in [-0.25, -0.2) is 4.39 Å². The van der Waals surface area contributed by atoms with Gasteiger partial charge in [-0.1, -0.05) is 0 Å². The smallest absolute Gasteiger partial charge is 0.195 e. The SMILES string of the molecule is Cc1nnc(Sc2ccc(C#N)c(Br)c2F)n1C. The van der Waals surface area contributed by atoms with Crippen LogP contribution in [0.5, 0.6) is 0 Å². The monoisotopic (exact) mass is 326 g/mol. The molecule has 92 valence electrons. The minimum Gasteiger partial charge on any atom is -0.309 e. The predicted molar refractivity (Wildman–Crippen MR) is 68.7 cm³/mol. The Hall–Kier alpha value is -1.39. The van der Waals surface area contributed by atoms with E-state index in [4.69, 9.17) is 5.26 Å². The lowest BCUT2D eigenvalue weighted by atomic mass is 10.2. The molecule has 0 aliphatic rings. The van der Waals surface area contributed by atoms with Crippen LogP contribution >= 0.6 is 27.7 Å². The maximum Gasteiger partial charge on any atom is 0.195 e. The summed E-state index contributed by atoms with van der Waals surface area (Å²) in [6, 6.07) is 5.04. The van der Waals surface area contributed by atoms with Crippen LogP contribution in [0.2, 0.25) is 0 Å². The standard InChI is InChI=1S/C11H8BrFN4S/c1-6-15-16-11(17(6)2)18-8-4-3-7(5-14)9(12)10(8)13/h3-4H,1-2H3. The van der Waals surface area contributed by atoms with E-state index < -0.39 is 5.82 Å². The van der Waals surface area contributed by atoms with Crippen molar-refractivity contribution in [3.63, 3.8) is 0 Å². The molecule has 0 radical (unpaired) electrons. The minimum absolute atomic E-state index is 0.175. The van der Waals surface area contributed by atoms with Crippen molar-refractivity contribution < 1.29 is 4.39 Å². The number of nitriles is 1. The van der Waals surface area contributed by atoms with Gasteiger partial charge in [0.25, 0.3) is 0 Å². The van der Waals surface area contributed by atoms with Crippen LogP contribution in [0.1, 0.15) is 11.4 Å². The molecule has 0 saturated carbocycles. The number of benzene rings is 1. The molecule has 0 atom stereocenters. The number of nitrogens with zero attached hydrogens (tertiary/aromatic N) is 4. The topological polar surface area (TPSA) is 54.5 Å². The quantitative estimate of drug-likeness (QED) is 0.851. The average Bonchev–Trinajstić information content (AvgIpc) is 2.67. The van der Waals surface area contributed by atoms with Gasteiger partial charge in [-0.05, 0) is 46.7 Å². The van der Waals surface area contributed by atoms with Gasteiger partial charge in [0.05, 0.1) is 14.9 Å². The van der Waals surface area contributed by atoms with Crippen LogP contribution in [0.15, 0.2) is 26.7 Å². The maximum absolute atomic E-state index is 14.0. The minimum atomic E-state index is -0.459. The summed E-state index contributed by atoms with van der Waals surface area (Å²) >= 11 is 4.24. The van der Waals surface area contributed by atoms with Gasteiger partial charge >= 0.3 is 0 Å². The first kappa shape index (κ1) is 13.1. The first-order valence-electron chi connectivity index (χ1n) is 4.96. The first-order chi connectivity index (χ1) is 8.54. The molecule has 4 nitrogen and oxygen atoms in total. The normalized spacial score (nSPS) is 10.4. The van der Waals surface area contributed by atoms with E-state index in [-0.39, 0.29) is 10.0 Å². The molecule has 7 heteroatoms. The molecule has 1 aromatic carbocycles. The highest BCUT2D eigenvalue weighted by Gasteiger charge is 2.15. The van der Waals surface area contributed by atoms with Crippen molar-refractivity contribution in [1.82, 2.24) is 14.8 Å². The fourth-order valence-corrected chi connectivity index (χ4v) is 2.71. The van der Waals surface area contributed by atoms with Gasteiger partial charge in [-0.15, -0.1) is 10.2 Å². The Labute approximate surface area is 116 Å². The molecule has 0 aliphatic carbocycles. The Morgan fingerprint density at radius 1 is 1.44 bits per heavy atom. The number of hydrogen-bond donors (Lipinski definition) is 0. The summed E-state index contributed by atoms with van der Waals surface area (Å²) in [5.74, 6) is 0.297. The third-order valence-electron chi connectivity index (χ3n) is 2.42. The molecule has 2 rings (SSSR count). The van der Waals surface area contributed by atoms with Crippen molar-refractivity contribution in [2.24, 2.45) is 7.05 Å². The van der Waals surface area contributed by atoms with E-state index in [0.717, 1.165) is 5.82 Å². The highest BCUT2D eigenvalue weighted by atomic mass is 79.9. The van der Waals surface area contributed by atoms with Crippen LogP contribution < -0.4 is 0 Å². The first-order valence-corrected chi connectivity index (χ1v) is 6.57. The van der Waals surface area contributed by atoms with Crippen molar-refractivity contribution >= 4 is 27.7 Å². The molecule has 0 unspecified atom stereocenters. The molecule has 0 N–H and O–H groups in total. The lowest BCUT2D eigenvalue weighted by Gasteiger charge is -2.05. The molecular formula is C11H8BrFN4S. The molecule has 1 aromatic heterocycles. The largest absolute Gasteiger partial charge is 0.309 e. The lowest BCUT2D eigenvalue weighted by Crippen LogP contribution is -1.94. The van der Waals surface area contributed by atoms with Crippen molar-refractivity contribution in [2.75, 3.05) is 0 Å². The van der Waals surface area contributed by atoms with Crippen LogP contribution in [-0.4, -0.2) is 14.8 Å². The van der Waals surface area contributed by atoms with Gasteiger partial charge in [0, 0.05) is 7.05 Å². The number of rotatable bonds is 2. The van der Waals surface area contributed by atoms with E-state index in [1.54, 1.807) is 16.7 Å². The van der Waals surface area contributed by atoms with Gasteiger partial charge in [-0.3, -0.25) is 0 Å². The van der Waals surface area contributed by atoms with Gasteiger partial charge in [0.2, 0.25) is 0 Å². The zero-order valence-electron chi connectivity index (χ0n) is 9.61. The molecule has 18 heavy (non-hydrogen) atoms. The van der Waals surface area contributed by atoms with Crippen LogP contribution in [-0.2, 0) is 7.05 Å². The lowest BCUT2D eigenvalue weighted by molar-refractivity contribution is 0.593.